The van der Waals surface area contributed by atoms with Gasteiger partial charge in [-0.25, -0.2) is 0 Å². The van der Waals surface area contributed by atoms with E-state index in [2.05, 4.69) is 5.32 Å². The average molecular weight is 290 g/mol. The first-order valence-corrected chi connectivity index (χ1v) is 7.84. The third kappa shape index (κ3) is 4.74. The molecule has 1 fully saturated rings. The molecule has 1 atom stereocenters. The molecule has 1 aliphatic rings. The molecule has 0 bridgehead atoms. The molecule has 4 nitrogen and oxygen atoms in total. The number of nitrogens with one attached hydrogen (secondary N) is 1. The van der Waals surface area contributed by atoms with Crippen molar-refractivity contribution in [3.05, 3.63) is 29.3 Å². The SMILES string of the molecule is Cc1ccc(OCC(=O)NC2CCCCC2)c([C@@H](C)N)c1. The van der Waals surface area contributed by atoms with E-state index in [9.17, 15) is 4.79 Å². The molecule has 0 radical (unpaired) electrons. The molecule has 0 spiro atoms. The summed E-state index contributed by atoms with van der Waals surface area (Å²) < 4.78 is 5.66. The lowest BCUT2D eigenvalue weighted by Crippen LogP contribution is -2.39. The van der Waals surface area contributed by atoms with Gasteiger partial charge in [-0.05, 0) is 32.8 Å². The van der Waals surface area contributed by atoms with Gasteiger partial charge in [0.25, 0.3) is 5.91 Å². The Morgan fingerprint density at radius 2 is 2.10 bits per heavy atom. The molecule has 21 heavy (non-hydrogen) atoms. The van der Waals surface area contributed by atoms with E-state index in [1.807, 2.05) is 32.0 Å². The summed E-state index contributed by atoms with van der Waals surface area (Å²) in [6.07, 6.45) is 5.86. The van der Waals surface area contributed by atoms with Gasteiger partial charge in [0.05, 0.1) is 0 Å². The fraction of sp³-hybridized carbons (Fsp3) is 0.588. The van der Waals surface area contributed by atoms with E-state index in [0.717, 1.165) is 24.0 Å². The van der Waals surface area contributed by atoms with E-state index in [4.69, 9.17) is 10.5 Å². The molecule has 1 saturated carbocycles. The van der Waals surface area contributed by atoms with E-state index in [-0.39, 0.29) is 18.6 Å². The fourth-order valence-corrected chi connectivity index (χ4v) is 2.81. The highest BCUT2D eigenvalue weighted by Crippen LogP contribution is 2.25. The zero-order chi connectivity index (χ0) is 15.2. The normalized spacial score (nSPS) is 17.3. The van der Waals surface area contributed by atoms with Crippen LogP contribution in [0.15, 0.2) is 18.2 Å². The van der Waals surface area contributed by atoms with E-state index in [0.29, 0.717) is 11.8 Å². The van der Waals surface area contributed by atoms with Gasteiger partial charge in [-0.1, -0.05) is 37.0 Å². The maximum absolute atomic E-state index is 12.0. The van der Waals surface area contributed by atoms with Crippen LogP contribution in [0.3, 0.4) is 0 Å². The lowest BCUT2D eigenvalue weighted by molar-refractivity contribution is -0.124. The zero-order valence-electron chi connectivity index (χ0n) is 13.0. The molecule has 4 heteroatoms. The summed E-state index contributed by atoms with van der Waals surface area (Å²) >= 11 is 0. The van der Waals surface area contributed by atoms with Gasteiger partial charge in [0, 0.05) is 17.6 Å². The van der Waals surface area contributed by atoms with Gasteiger partial charge in [0.1, 0.15) is 5.75 Å². The summed E-state index contributed by atoms with van der Waals surface area (Å²) in [5.41, 5.74) is 8.04. The quantitative estimate of drug-likeness (QED) is 0.876. The Labute approximate surface area is 127 Å². The molecule has 1 aromatic carbocycles. The lowest BCUT2D eigenvalue weighted by Gasteiger charge is -2.23. The molecule has 1 aromatic rings. The average Bonchev–Trinajstić information content (AvgIpc) is 2.47. The van der Waals surface area contributed by atoms with Crippen molar-refractivity contribution in [1.29, 1.82) is 0 Å². The van der Waals surface area contributed by atoms with Crippen molar-refractivity contribution < 1.29 is 9.53 Å². The minimum atomic E-state index is -0.110. The van der Waals surface area contributed by atoms with Crippen LogP contribution in [0.25, 0.3) is 0 Å². The summed E-state index contributed by atoms with van der Waals surface area (Å²) in [6.45, 7) is 3.99. The fourth-order valence-electron chi connectivity index (χ4n) is 2.81. The lowest BCUT2D eigenvalue weighted by atomic mass is 9.95. The molecule has 2 rings (SSSR count). The number of carbonyl (C=O) groups excluding carboxylic acids is 1. The number of ether oxygens (including phenoxy) is 1. The second-order valence-electron chi connectivity index (χ2n) is 6.02. The van der Waals surface area contributed by atoms with Crippen LogP contribution in [0.1, 0.15) is 56.2 Å². The Morgan fingerprint density at radius 1 is 1.38 bits per heavy atom. The van der Waals surface area contributed by atoms with Gasteiger partial charge in [-0.3, -0.25) is 4.79 Å². The van der Waals surface area contributed by atoms with Crippen LogP contribution in [-0.2, 0) is 4.79 Å². The third-order valence-corrected chi connectivity index (χ3v) is 3.98. The second-order valence-corrected chi connectivity index (χ2v) is 6.02. The van der Waals surface area contributed by atoms with E-state index < -0.39 is 0 Å². The number of carbonyl (C=O) groups is 1. The number of hydrogen-bond acceptors (Lipinski definition) is 3. The third-order valence-electron chi connectivity index (χ3n) is 3.98. The summed E-state index contributed by atoms with van der Waals surface area (Å²) in [4.78, 5) is 12.0. The highest BCUT2D eigenvalue weighted by Gasteiger charge is 2.16. The molecular formula is C17H26N2O2. The van der Waals surface area contributed by atoms with Gasteiger partial charge in [0.2, 0.25) is 0 Å². The Morgan fingerprint density at radius 3 is 2.76 bits per heavy atom. The molecule has 3 N–H and O–H groups in total. The number of aryl methyl sites for hydroxylation is 1. The van der Waals surface area contributed by atoms with Gasteiger partial charge < -0.3 is 15.8 Å². The predicted octanol–water partition coefficient (Wildman–Crippen LogP) is 2.84. The Balaban J connectivity index is 1.88. The van der Waals surface area contributed by atoms with E-state index in [1.165, 1.54) is 19.3 Å². The molecule has 1 amide bonds. The summed E-state index contributed by atoms with van der Waals surface area (Å²) in [7, 11) is 0. The van der Waals surface area contributed by atoms with Crippen LogP contribution < -0.4 is 15.8 Å². The van der Waals surface area contributed by atoms with Crippen LogP contribution >= 0.6 is 0 Å². The molecule has 0 aromatic heterocycles. The van der Waals surface area contributed by atoms with Gasteiger partial charge in [-0.15, -0.1) is 0 Å². The number of benzene rings is 1. The Hall–Kier alpha value is -1.55. The van der Waals surface area contributed by atoms with E-state index >= 15 is 0 Å². The van der Waals surface area contributed by atoms with Crippen molar-refractivity contribution in [1.82, 2.24) is 5.32 Å². The van der Waals surface area contributed by atoms with Gasteiger partial charge >= 0.3 is 0 Å². The topological polar surface area (TPSA) is 64.3 Å². The molecule has 116 valence electrons. The number of rotatable bonds is 5. The largest absolute Gasteiger partial charge is 0.483 e. The molecule has 0 heterocycles. The van der Waals surface area contributed by atoms with Crippen LogP contribution in [-0.4, -0.2) is 18.6 Å². The Kier molecular flexibility index (Phi) is 5.62. The van der Waals surface area contributed by atoms with Crippen molar-refractivity contribution in [3.63, 3.8) is 0 Å². The minimum absolute atomic E-state index is 0.0434. The maximum atomic E-state index is 12.0. The van der Waals surface area contributed by atoms with Crippen molar-refractivity contribution >= 4 is 5.91 Å². The molecular weight excluding hydrogens is 264 g/mol. The minimum Gasteiger partial charge on any atom is -0.483 e. The summed E-state index contributed by atoms with van der Waals surface area (Å²) in [6, 6.07) is 6.09. The number of amides is 1. The molecule has 1 aliphatic carbocycles. The van der Waals surface area contributed by atoms with Crippen LogP contribution in [0.2, 0.25) is 0 Å². The highest BCUT2D eigenvalue weighted by atomic mass is 16.5. The van der Waals surface area contributed by atoms with Crippen LogP contribution in [0.4, 0.5) is 0 Å². The van der Waals surface area contributed by atoms with Gasteiger partial charge in [0.15, 0.2) is 6.61 Å². The first-order chi connectivity index (χ1) is 10.1. The molecule has 0 unspecified atom stereocenters. The first-order valence-electron chi connectivity index (χ1n) is 7.84. The molecule has 0 saturated heterocycles. The monoisotopic (exact) mass is 290 g/mol. The summed E-state index contributed by atoms with van der Waals surface area (Å²) in [5.74, 6) is 0.660. The molecule has 0 aliphatic heterocycles. The van der Waals surface area contributed by atoms with Crippen molar-refractivity contribution in [2.45, 2.75) is 58.0 Å². The Bertz CT molecular complexity index is 480. The zero-order valence-corrected chi connectivity index (χ0v) is 13.0. The van der Waals surface area contributed by atoms with Crippen LogP contribution in [0.5, 0.6) is 5.75 Å². The summed E-state index contributed by atoms with van der Waals surface area (Å²) in [5, 5.41) is 3.05. The smallest absolute Gasteiger partial charge is 0.258 e. The van der Waals surface area contributed by atoms with Crippen LogP contribution in [0, 0.1) is 6.92 Å². The highest BCUT2D eigenvalue weighted by molar-refractivity contribution is 5.77. The standard InChI is InChI=1S/C17H26N2O2/c1-12-8-9-16(15(10-12)13(2)18)21-11-17(20)19-14-6-4-3-5-7-14/h8-10,13-14H,3-7,11,18H2,1-2H3,(H,19,20)/t13-/m1/s1. The van der Waals surface area contributed by atoms with Gasteiger partial charge in [-0.2, -0.15) is 0 Å². The van der Waals surface area contributed by atoms with Crippen molar-refractivity contribution in [2.75, 3.05) is 6.61 Å². The van der Waals surface area contributed by atoms with Crippen molar-refractivity contribution in [3.8, 4) is 5.75 Å². The number of nitrogens with two attached hydrogens (primary N) is 1. The second kappa shape index (κ2) is 7.46. The van der Waals surface area contributed by atoms with E-state index in [1.54, 1.807) is 0 Å². The predicted molar refractivity (Wildman–Crippen MR) is 84.3 cm³/mol. The number of hydrogen-bond donors (Lipinski definition) is 2. The first kappa shape index (κ1) is 15.8. The maximum Gasteiger partial charge on any atom is 0.258 e. The van der Waals surface area contributed by atoms with Crippen molar-refractivity contribution in [2.24, 2.45) is 5.73 Å².